The van der Waals surface area contributed by atoms with Crippen molar-refractivity contribution >= 4 is 44.1 Å². The van der Waals surface area contributed by atoms with Crippen molar-refractivity contribution in [3.8, 4) is 62.8 Å². The smallest absolute Gasteiger partial charge is 0.164 e. The van der Waals surface area contributed by atoms with E-state index in [1.807, 2.05) is 115 Å². The molecule has 5 aliphatic rings. The van der Waals surface area contributed by atoms with Gasteiger partial charge in [-0.2, -0.15) is 0 Å². The molecule has 4 aromatic carbocycles. The molecule has 8 heterocycles. The van der Waals surface area contributed by atoms with Crippen LogP contribution in [0.2, 0.25) is 0 Å². The number of hydrogen-bond donors (Lipinski definition) is 2. The maximum absolute atomic E-state index is 6.32. The summed E-state index contributed by atoms with van der Waals surface area (Å²) < 4.78 is 54.4. The molecule has 0 radical (unpaired) electrons. The Morgan fingerprint density at radius 1 is 0.441 bits per heavy atom. The van der Waals surface area contributed by atoms with Crippen molar-refractivity contribution < 1.29 is 42.6 Å². The first-order valence-corrected chi connectivity index (χ1v) is 22.9. The average molecular weight is 919 g/mol. The molecule has 3 aromatic heterocycles. The molecular formula is C51H50N8O9. The first-order chi connectivity index (χ1) is 32.7. The predicted molar refractivity (Wildman–Crippen MR) is 252 cm³/mol. The molecule has 17 nitrogen and oxygen atoms in total. The Morgan fingerprint density at radius 3 is 1.24 bits per heavy atom. The van der Waals surface area contributed by atoms with Gasteiger partial charge in [0.25, 0.3) is 0 Å². The topological polar surface area (TPSA) is 192 Å². The van der Waals surface area contributed by atoms with E-state index in [1.165, 1.54) is 0 Å². The van der Waals surface area contributed by atoms with Gasteiger partial charge in [-0.05, 0) is 109 Å². The van der Waals surface area contributed by atoms with Gasteiger partial charge in [0.1, 0.15) is 78.0 Å². The van der Waals surface area contributed by atoms with E-state index in [2.05, 4.69) is 16.0 Å². The van der Waals surface area contributed by atoms with Crippen LogP contribution in [0.3, 0.4) is 0 Å². The molecule has 0 amide bonds. The SMILES string of the molecule is Cc1ccc2c(c1)-c1nc-2nc2[nH]c(nc3nc(nc4[nH]c(n1)c1ccc(OCC5COC(C)(C)O5)cc41)-c1ccc(OCC4COC(C)(C)O4)cc1-3)c1ccc(OCC3COC(C)(C)O3)cc21. The Labute approximate surface area is 390 Å². The maximum atomic E-state index is 6.32. The number of ether oxygens (including phenoxy) is 9. The summed E-state index contributed by atoms with van der Waals surface area (Å²) in [6.07, 6.45) is -0.652. The fourth-order valence-corrected chi connectivity index (χ4v) is 9.22. The third kappa shape index (κ3) is 8.18. The summed E-state index contributed by atoms with van der Waals surface area (Å²) in [5.74, 6) is 1.75. The Balaban J connectivity index is 1.04. The molecule has 8 bridgehead atoms. The zero-order chi connectivity index (χ0) is 46.5. The molecule has 348 valence electrons. The fourth-order valence-electron chi connectivity index (χ4n) is 9.22. The van der Waals surface area contributed by atoms with Crippen molar-refractivity contribution in [3.05, 3.63) is 78.4 Å². The lowest BCUT2D eigenvalue weighted by molar-refractivity contribution is -0.141. The van der Waals surface area contributed by atoms with Crippen LogP contribution in [0.5, 0.6) is 17.2 Å². The standard InChI is InChI=1S/C51H50N8O9/c1-26-8-12-33-37(16-26)45-52-41(33)54-46-39-18-28(61-21-31-24-64-50(4,5)67-31)10-14-35(39)43(56-46)58-48-40-19-29(62-22-32-25-65-51(6,7)68-32)11-15-36(40)44(59-48)57-47-38-17-27(9-13-34(38)42(53-45)55-47)60-20-30-23-63-49(2,3)66-30/h8-19,30-32H,20-25H2,1-7H3,(H2,52,53,54,55,56,57,58,59). The minimum absolute atomic E-state index is 0.214. The molecule has 12 rings (SSSR count). The van der Waals surface area contributed by atoms with Crippen LogP contribution >= 0.6 is 0 Å². The van der Waals surface area contributed by atoms with Crippen molar-refractivity contribution in [2.24, 2.45) is 0 Å². The molecule has 3 fully saturated rings. The first kappa shape index (κ1) is 42.7. The highest BCUT2D eigenvalue weighted by Crippen LogP contribution is 2.40. The summed E-state index contributed by atoms with van der Waals surface area (Å²) in [4.78, 5) is 38.2. The average Bonchev–Trinajstić information content (AvgIpc) is 4.18. The number of aryl methyl sites for hydroxylation is 1. The highest BCUT2D eigenvalue weighted by Gasteiger charge is 2.35. The number of nitrogens with one attached hydrogen (secondary N) is 2. The van der Waals surface area contributed by atoms with E-state index in [0.29, 0.717) is 103 Å². The van der Waals surface area contributed by atoms with Crippen molar-refractivity contribution in [3.63, 3.8) is 0 Å². The van der Waals surface area contributed by atoms with Gasteiger partial charge in [0.05, 0.1) is 19.8 Å². The number of rotatable bonds is 9. The van der Waals surface area contributed by atoms with E-state index in [-0.39, 0.29) is 18.3 Å². The zero-order valence-electron chi connectivity index (χ0n) is 38.8. The number of H-pyrrole nitrogens is 2. The van der Waals surface area contributed by atoms with Crippen molar-refractivity contribution in [2.75, 3.05) is 39.6 Å². The number of hydrogen-bond acceptors (Lipinski definition) is 15. The molecule has 17 heteroatoms. The van der Waals surface area contributed by atoms with Crippen LogP contribution in [-0.2, 0) is 28.4 Å². The van der Waals surface area contributed by atoms with E-state index in [4.69, 9.17) is 72.5 Å². The normalized spacial score (nSPS) is 21.0. The molecule has 68 heavy (non-hydrogen) atoms. The van der Waals surface area contributed by atoms with Gasteiger partial charge in [0.15, 0.2) is 40.7 Å². The molecular weight excluding hydrogens is 869 g/mol. The molecule has 3 atom stereocenters. The van der Waals surface area contributed by atoms with Crippen LogP contribution in [0.15, 0.2) is 72.8 Å². The summed E-state index contributed by atoms with van der Waals surface area (Å²) in [5.41, 5.74) is 6.40. The van der Waals surface area contributed by atoms with E-state index < -0.39 is 17.4 Å². The molecule has 7 aromatic rings. The van der Waals surface area contributed by atoms with Gasteiger partial charge < -0.3 is 52.6 Å². The lowest BCUT2D eigenvalue weighted by atomic mass is 10.1. The Morgan fingerprint density at radius 2 is 0.809 bits per heavy atom. The number of benzene rings is 4. The van der Waals surface area contributed by atoms with Gasteiger partial charge in [-0.3, -0.25) is 0 Å². The summed E-state index contributed by atoms with van der Waals surface area (Å²) in [5, 5.41) is 3.16. The molecule has 2 N–H and O–H groups in total. The van der Waals surface area contributed by atoms with Gasteiger partial charge in [-0.1, -0.05) is 17.7 Å². The Kier molecular flexibility index (Phi) is 10.1. The molecule has 0 saturated carbocycles. The third-order valence-electron chi connectivity index (χ3n) is 12.4. The fraction of sp³-hybridized carbons (Fsp3) is 0.373. The molecule has 3 unspecified atom stereocenters. The number of fused-ring (bicyclic) bond motifs is 20. The summed E-state index contributed by atoms with van der Waals surface area (Å²) in [6, 6.07) is 23.7. The Hall–Kier alpha value is -6.60. The van der Waals surface area contributed by atoms with Gasteiger partial charge in [0.2, 0.25) is 0 Å². The molecule has 5 aliphatic heterocycles. The molecule has 3 saturated heterocycles. The van der Waals surface area contributed by atoms with Crippen LogP contribution in [0, 0.1) is 6.92 Å². The lowest BCUT2D eigenvalue weighted by Gasteiger charge is -2.17. The van der Waals surface area contributed by atoms with Crippen LogP contribution in [0.4, 0.5) is 0 Å². The van der Waals surface area contributed by atoms with Gasteiger partial charge in [0, 0.05) is 43.8 Å². The first-order valence-electron chi connectivity index (χ1n) is 22.9. The van der Waals surface area contributed by atoms with Crippen molar-refractivity contribution in [1.82, 2.24) is 39.9 Å². The van der Waals surface area contributed by atoms with E-state index >= 15 is 0 Å². The lowest BCUT2D eigenvalue weighted by Crippen LogP contribution is -2.25. The highest BCUT2D eigenvalue weighted by molar-refractivity contribution is 6.07. The zero-order valence-corrected chi connectivity index (χ0v) is 38.8. The van der Waals surface area contributed by atoms with Crippen LogP contribution in [-0.4, -0.2) is 115 Å². The van der Waals surface area contributed by atoms with Crippen LogP contribution in [0.25, 0.3) is 89.7 Å². The number of aromatic amines is 2. The summed E-state index contributed by atoms with van der Waals surface area (Å²) in [7, 11) is 0. The predicted octanol–water partition coefficient (Wildman–Crippen LogP) is 8.77. The van der Waals surface area contributed by atoms with Crippen LogP contribution in [0.1, 0.15) is 47.1 Å². The third-order valence-corrected chi connectivity index (χ3v) is 12.4. The minimum Gasteiger partial charge on any atom is -0.491 e. The number of aromatic nitrogens is 8. The summed E-state index contributed by atoms with van der Waals surface area (Å²) in [6.45, 7) is 15.7. The maximum Gasteiger partial charge on any atom is 0.164 e. The second-order valence-corrected chi connectivity index (χ2v) is 19.1. The second-order valence-electron chi connectivity index (χ2n) is 19.1. The van der Waals surface area contributed by atoms with E-state index in [9.17, 15) is 0 Å². The molecule has 0 aliphatic carbocycles. The van der Waals surface area contributed by atoms with Crippen LogP contribution < -0.4 is 14.2 Å². The van der Waals surface area contributed by atoms with Gasteiger partial charge in [-0.15, -0.1) is 0 Å². The van der Waals surface area contributed by atoms with Gasteiger partial charge >= 0.3 is 0 Å². The van der Waals surface area contributed by atoms with Gasteiger partial charge in [-0.25, -0.2) is 29.9 Å². The van der Waals surface area contributed by atoms with E-state index in [1.54, 1.807) is 0 Å². The largest absolute Gasteiger partial charge is 0.491 e. The quantitative estimate of drug-likeness (QED) is 0.140. The van der Waals surface area contributed by atoms with Crippen molar-refractivity contribution in [1.29, 1.82) is 0 Å². The minimum atomic E-state index is -0.672. The highest BCUT2D eigenvalue weighted by atomic mass is 16.8. The second kappa shape index (κ2) is 16.0. The molecule has 0 spiro atoms. The number of nitrogens with zero attached hydrogens (tertiary/aromatic N) is 6. The van der Waals surface area contributed by atoms with Crippen molar-refractivity contribution in [2.45, 2.75) is 84.1 Å². The van der Waals surface area contributed by atoms with E-state index in [0.717, 1.165) is 49.4 Å². The monoisotopic (exact) mass is 918 g/mol. The Bertz CT molecular complexity index is 3310. The summed E-state index contributed by atoms with van der Waals surface area (Å²) >= 11 is 0.